The van der Waals surface area contributed by atoms with Crippen LogP contribution in [-0.2, 0) is 4.79 Å². The van der Waals surface area contributed by atoms with Gasteiger partial charge in [-0.1, -0.05) is 18.5 Å². The van der Waals surface area contributed by atoms with Gasteiger partial charge in [-0.25, -0.2) is 0 Å². The van der Waals surface area contributed by atoms with E-state index in [-0.39, 0.29) is 11.8 Å². The van der Waals surface area contributed by atoms with Gasteiger partial charge in [-0.05, 0) is 52.3 Å². The molecule has 0 bridgehead atoms. The Kier molecular flexibility index (Phi) is 7.03. The number of carbonyl (C=O) groups excluding carboxylic acids is 2. The normalized spacial score (nSPS) is 13.9. The van der Waals surface area contributed by atoms with Crippen molar-refractivity contribution in [2.24, 2.45) is 0 Å². The van der Waals surface area contributed by atoms with Gasteiger partial charge >= 0.3 is 0 Å². The standard InChI is InChI=1S/C21H23BrClN3O3/c1-3-20(27)26-10-8-25(9-11-26)18-6-5-15(23)13-17(18)24-21(28)14-4-7-19(29-2)16(22)12-14/h4-7,12-13H,3,8-11H2,1-2H3,(H,24,28). The van der Waals surface area contributed by atoms with Crippen molar-refractivity contribution >= 4 is 50.7 Å². The van der Waals surface area contributed by atoms with E-state index in [4.69, 9.17) is 16.3 Å². The third-order valence-electron chi connectivity index (χ3n) is 4.90. The smallest absolute Gasteiger partial charge is 0.255 e. The Morgan fingerprint density at radius 1 is 1.14 bits per heavy atom. The lowest BCUT2D eigenvalue weighted by Crippen LogP contribution is -2.48. The number of benzene rings is 2. The highest BCUT2D eigenvalue weighted by Crippen LogP contribution is 2.31. The molecule has 0 aromatic heterocycles. The summed E-state index contributed by atoms with van der Waals surface area (Å²) in [5, 5.41) is 3.51. The number of nitrogens with one attached hydrogen (secondary N) is 1. The lowest BCUT2D eigenvalue weighted by atomic mass is 10.1. The maximum absolute atomic E-state index is 12.8. The van der Waals surface area contributed by atoms with Crippen LogP contribution < -0.4 is 15.0 Å². The number of hydrogen-bond donors (Lipinski definition) is 1. The number of rotatable bonds is 5. The number of carbonyl (C=O) groups is 2. The van der Waals surface area contributed by atoms with Crippen LogP contribution in [0.5, 0.6) is 5.75 Å². The van der Waals surface area contributed by atoms with Gasteiger partial charge in [-0.3, -0.25) is 9.59 Å². The monoisotopic (exact) mass is 479 g/mol. The Morgan fingerprint density at radius 3 is 2.48 bits per heavy atom. The molecule has 0 radical (unpaired) electrons. The Bertz CT molecular complexity index is 914. The number of ether oxygens (including phenoxy) is 1. The third-order valence-corrected chi connectivity index (χ3v) is 5.75. The molecule has 2 aromatic carbocycles. The molecule has 0 atom stereocenters. The summed E-state index contributed by atoms with van der Waals surface area (Å²) in [6.45, 7) is 4.59. The summed E-state index contributed by atoms with van der Waals surface area (Å²) >= 11 is 9.59. The zero-order valence-corrected chi connectivity index (χ0v) is 18.7. The summed E-state index contributed by atoms with van der Waals surface area (Å²) in [5.41, 5.74) is 2.03. The molecule has 1 N–H and O–H groups in total. The molecule has 1 aliphatic heterocycles. The van der Waals surface area contributed by atoms with Crippen LogP contribution in [0.15, 0.2) is 40.9 Å². The summed E-state index contributed by atoms with van der Waals surface area (Å²) < 4.78 is 5.92. The molecule has 2 amide bonds. The number of methoxy groups -OCH3 is 1. The molecule has 0 saturated carbocycles. The molecule has 0 spiro atoms. The number of amides is 2. The van der Waals surface area contributed by atoms with Crippen molar-refractivity contribution in [3.8, 4) is 5.75 Å². The van der Waals surface area contributed by atoms with Crippen LogP contribution >= 0.6 is 27.5 Å². The van der Waals surface area contributed by atoms with Gasteiger partial charge in [-0.2, -0.15) is 0 Å². The van der Waals surface area contributed by atoms with Gasteiger partial charge < -0.3 is 19.9 Å². The summed E-state index contributed by atoms with van der Waals surface area (Å²) in [6.07, 6.45) is 0.514. The molecule has 0 unspecified atom stereocenters. The van der Waals surface area contributed by atoms with Crippen LogP contribution in [0.25, 0.3) is 0 Å². The number of hydrogen-bond acceptors (Lipinski definition) is 4. The largest absolute Gasteiger partial charge is 0.496 e. The van der Waals surface area contributed by atoms with Gasteiger partial charge in [0.1, 0.15) is 5.75 Å². The van der Waals surface area contributed by atoms with Gasteiger partial charge in [0.2, 0.25) is 5.91 Å². The van der Waals surface area contributed by atoms with Crippen LogP contribution in [-0.4, -0.2) is 50.0 Å². The lowest BCUT2D eigenvalue weighted by molar-refractivity contribution is -0.131. The third kappa shape index (κ3) is 5.03. The minimum Gasteiger partial charge on any atom is -0.496 e. The van der Waals surface area contributed by atoms with Crippen LogP contribution in [0.1, 0.15) is 23.7 Å². The average molecular weight is 481 g/mol. The molecular formula is C21H23BrClN3O3. The fourth-order valence-electron chi connectivity index (χ4n) is 3.31. The van der Waals surface area contributed by atoms with Crippen molar-refractivity contribution in [3.63, 3.8) is 0 Å². The predicted molar refractivity (Wildman–Crippen MR) is 119 cm³/mol. The average Bonchev–Trinajstić information content (AvgIpc) is 2.73. The van der Waals surface area contributed by atoms with Gasteiger partial charge in [-0.15, -0.1) is 0 Å². The predicted octanol–water partition coefficient (Wildman–Crippen LogP) is 4.42. The van der Waals surface area contributed by atoms with E-state index >= 15 is 0 Å². The van der Waals surface area contributed by atoms with Gasteiger partial charge in [0, 0.05) is 43.2 Å². The van der Waals surface area contributed by atoms with Crippen LogP contribution in [0, 0.1) is 0 Å². The number of nitrogens with zero attached hydrogens (tertiary/aromatic N) is 2. The van der Waals surface area contributed by atoms with Gasteiger partial charge in [0.15, 0.2) is 0 Å². The molecule has 6 nitrogen and oxygen atoms in total. The Balaban J connectivity index is 1.78. The zero-order valence-electron chi connectivity index (χ0n) is 16.4. The summed E-state index contributed by atoms with van der Waals surface area (Å²) in [5.74, 6) is 0.584. The quantitative estimate of drug-likeness (QED) is 0.688. The van der Waals surface area contributed by atoms with Crippen molar-refractivity contribution in [2.45, 2.75) is 13.3 Å². The summed E-state index contributed by atoms with van der Waals surface area (Å²) in [4.78, 5) is 28.8. The SMILES string of the molecule is CCC(=O)N1CCN(c2ccc(Cl)cc2NC(=O)c2ccc(OC)c(Br)c2)CC1. The second-order valence-corrected chi connectivity index (χ2v) is 7.98. The van der Waals surface area contributed by atoms with E-state index in [1.165, 1.54) is 0 Å². The maximum atomic E-state index is 12.8. The van der Waals surface area contributed by atoms with E-state index in [0.717, 1.165) is 5.69 Å². The minimum absolute atomic E-state index is 0.166. The summed E-state index contributed by atoms with van der Waals surface area (Å²) in [7, 11) is 1.58. The van der Waals surface area contributed by atoms with E-state index in [1.54, 1.807) is 37.4 Å². The van der Waals surface area contributed by atoms with Crippen LogP contribution in [0.3, 0.4) is 0 Å². The first-order valence-electron chi connectivity index (χ1n) is 9.40. The summed E-state index contributed by atoms with van der Waals surface area (Å²) in [6, 6.07) is 10.6. The van der Waals surface area contributed by atoms with Crippen molar-refractivity contribution in [1.29, 1.82) is 0 Å². The first-order valence-corrected chi connectivity index (χ1v) is 10.6. The van der Waals surface area contributed by atoms with E-state index in [0.29, 0.717) is 59.1 Å². The zero-order chi connectivity index (χ0) is 21.0. The number of halogens is 2. The van der Waals surface area contributed by atoms with E-state index in [9.17, 15) is 9.59 Å². The fraction of sp³-hybridized carbons (Fsp3) is 0.333. The molecule has 154 valence electrons. The highest BCUT2D eigenvalue weighted by Gasteiger charge is 2.22. The first-order chi connectivity index (χ1) is 13.9. The lowest BCUT2D eigenvalue weighted by Gasteiger charge is -2.37. The minimum atomic E-state index is -0.239. The highest BCUT2D eigenvalue weighted by molar-refractivity contribution is 9.10. The number of anilines is 2. The molecule has 1 saturated heterocycles. The van der Waals surface area contributed by atoms with E-state index < -0.39 is 0 Å². The maximum Gasteiger partial charge on any atom is 0.255 e. The Labute approximate surface area is 183 Å². The molecule has 8 heteroatoms. The highest BCUT2D eigenvalue weighted by atomic mass is 79.9. The van der Waals surface area contributed by atoms with Crippen molar-refractivity contribution in [3.05, 3.63) is 51.5 Å². The van der Waals surface area contributed by atoms with Crippen molar-refractivity contribution in [1.82, 2.24) is 4.90 Å². The molecule has 1 aliphatic rings. The Hall–Kier alpha value is -2.25. The second kappa shape index (κ2) is 9.50. The molecule has 2 aromatic rings. The molecule has 1 fully saturated rings. The molecule has 0 aliphatic carbocycles. The fourth-order valence-corrected chi connectivity index (χ4v) is 4.02. The second-order valence-electron chi connectivity index (χ2n) is 6.69. The molecular weight excluding hydrogens is 458 g/mol. The van der Waals surface area contributed by atoms with Crippen LogP contribution in [0.4, 0.5) is 11.4 Å². The van der Waals surface area contributed by atoms with Gasteiger partial charge in [0.05, 0.1) is 23.0 Å². The van der Waals surface area contributed by atoms with Gasteiger partial charge in [0.25, 0.3) is 5.91 Å². The van der Waals surface area contributed by atoms with Crippen molar-refractivity contribution < 1.29 is 14.3 Å². The Morgan fingerprint density at radius 2 is 1.86 bits per heavy atom. The molecule has 1 heterocycles. The topological polar surface area (TPSA) is 61.9 Å². The van der Waals surface area contributed by atoms with E-state index in [1.807, 2.05) is 17.9 Å². The number of piperazine rings is 1. The van der Waals surface area contributed by atoms with Crippen LogP contribution in [0.2, 0.25) is 5.02 Å². The molecule has 3 rings (SSSR count). The molecule has 29 heavy (non-hydrogen) atoms. The van der Waals surface area contributed by atoms with E-state index in [2.05, 4.69) is 26.1 Å². The first kappa shape index (κ1) is 21.5. The van der Waals surface area contributed by atoms with Crippen molar-refractivity contribution in [2.75, 3.05) is 43.5 Å².